The minimum absolute atomic E-state index is 0.141. The van der Waals surface area contributed by atoms with E-state index in [1.807, 2.05) is 6.92 Å². The van der Waals surface area contributed by atoms with Crippen LogP contribution < -0.4 is 0 Å². The van der Waals surface area contributed by atoms with Gasteiger partial charge in [0, 0.05) is 11.9 Å². The summed E-state index contributed by atoms with van der Waals surface area (Å²) in [5.41, 5.74) is 1.09. The number of nitrogens with one attached hydrogen (secondary N) is 1. The van der Waals surface area contributed by atoms with Gasteiger partial charge in [-0.25, -0.2) is 4.98 Å². The maximum Gasteiger partial charge on any atom is 0.123 e. The summed E-state index contributed by atoms with van der Waals surface area (Å²) in [5, 5.41) is 8.63. The molecule has 1 aromatic heterocycles. The number of hydrogen-bond donors (Lipinski definition) is 1. The zero-order chi connectivity index (χ0) is 9.14. The first-order valence-electron chi connectivity index (χ1n) is 4.09. The number of imidazole rings is 1. The molecule has 1 heterocycles. The van der Waals surface area contributed by atoms with Crippen molar-refractivity contribution in [2.24, 2.45) is 0 Å². The summed E-state index contributed by atoms with van der Waals surface area (Å²) in [5.74, 6) is 1.07. The van der Waals surface area contributed by atoms with Crippen LogP contribution in [0.3, 0.4) is 0 Å². The van der Waals surface area contributed by atoms with Crippen molar-refractivity contribution in [1.29, 1.82) is 5.26 Å². The molecule has 0 amide bonds. The van der Waals surface area contributed by atoms with E-state index >= 15 is 0 Å². The summed E-state index contributed by atoms with van der Waals surface area (Å²) >= 11 is 0. The van der Waals surface area contributed by atoms with Gasteiger partial charge in [-0.15, -0.1) is 0 Å². The zero-order valence-electron chi connectivity index (χ0n) is 7.63. The molecule has 0 fully saturated rings. The highest BCUT2D eigenvalue weighted by Crippen LogP contribution is 2.15. The van der Waals surface area contributed by atoms with Crippen molar-refractivity contribution in [3.8, 4) is 6.07 Å². The first-order chi connectivity index (χ1) is 5.65. The number of aromatic amines is 1. The van der Waals surface area contributed by atoms with E-state index in [2.05, 4.69) is 29.9 Å². The summed E-state index contributed by atoms with van der Waals surface area (Å²) in [4.78, 5) is 7.26. The van der Waals surface area contributed by atoms with Gasteiger partial charge in [0.05, 0.1) is 6.07 Å². The summed E-state index contributed by atoms with van der Waals surface area (Å²) in [7, 11) is 0. The molecule has 1 rings (SSSR count). The van der Waals surface area contributed by atoms with Crippen LogP contribution >= 0.6 is 0 Å². The molecule has 12 heavy (non-hydrogen) atoms. The Morgan fingerprint density at radius 3 is 2.58 bits per heavy atom. The standard InChI is InChI=1S/C9H13N3/c1-6(2)8-5-11-9(12-8)7(3)4-10/h5-7H,1-3H3,(H,11,12). The van der Waals surface area contributed by atoms with Gasteiger partial charge in [0.15, 0.2) is 0 Å². The number of rotatable bonds is 2. The Morgan fingerprint density at radius 2 is 2.17 bits per heavy atom. The Kier molecular flexibility index (Phi) is 2.49. The third-order valence-electron chi connectivity index (χ3n) is 1.84. The van der Waals surface area contributed by atoms with Crippen molar-refractivity contribution in [3.05, 3.63) is 17.7 Å². The van der Waals surface area contributed by atoms with Crippen LogP contribution in [0, 0.1) is 11.3 Å². The number of nitrogens with zero attached hydrogens (tertiary/aromatic N) is 2. The molecule has 64 valence electrons. The third-order valence-corrected chi connectivity index (χ3v) is 1.84. The second-order valence-electron chi connectivity index (χ2n) is 3.23. The van der Waals surface area contributed by atoms with Crippen LogP contribution in [0.1, 0.15) is 44.1 Å². The van der Waals surface area contributed by atoms with Crippen LogP contribution in [0.25, 0.3) is 0 Å². The van der Waals surface area contributed by atoms with Crippen LogP contribution in [-0.2, 0) is 0 Å². The molecule has 0 radical (unpaired) electrons. The molecular weight excluding hydrogens is 150 g/mol. The SMILES string of the molecule is CC(C)c1cnc(C(C)C#N)[nH]1. The van der Waals surface area contributed by atoms with Gasteiger partial charge in [-0.2, -0.15) is 5.26 Å². The Labute approximate surface area is 72.4 Å². The molecule has 0 bridgehead atoms. The quantitative estimate of drug-likeness (QED) is 0.726. The maximum atomic E-state index is 8.63. The lowest BCUT2D eigenvalue weighted by Gasteiger charge is -1.99. The Balaban J connectivity index is 2.86. The maximum absolute atomic E-state index is 8.63. The highest BCUT2D eigenvalue weighted by Gasteiger charge is 2.09. The largest absolute Gasteiger partial charge is 0.345 e. The minimum atomic E-state index is -0.141. The average Bonchev–Trinajstić information content (AvgIpc) is 2.51. The van der Waals surface area contributed by atoms with E-state index < -0.39 is 0 Å². The molecule has 0 saturated carbocycles. The first kappa shape index (κ1) is 8.79. The lowest BCUT2D eigenvalue weighted by atomic mass is 10.1. The molecule has 3 nitrogen and oxygen atoms in total. The number of nitriles is 1. The smallest absolute Gasteiger partial charge is 0.123 e. The molecule has 1 unspecified atom stereocenters. The molecule has 1 N–H and O–H groups in total. The van der Waals surface area contributed by atoms with Gasteiger partial charge in [-0.1, -0.05) is 13.8 Å². The van der Waals surface area contributed by atoms with E-state index in [0.717, 1.165) is 11.5 Å². The lowest BCUT2D eigenvalue weighted by molar-refractivity contribution is 0.810. The van der Waals surface area contributed by atoms with Crippen LogP contribution in [0.5, 0.6) is 0 Å². The Morgan fingerprint density at radius 1 is 1.50 bits per heavy atom. The van der Waals surface area contributed by atoms with Gasteiger partial charge in [0.1, 0.15) is 11.7 Å². The molecule has 0 aromatic carbocycles. The summed E-state index contributed by atoms with van der Waals surface area (Å²) in [6.45, 7) is 6.02. The normalized spacial score (nSPS) is 12.9. The van der Waals surface area contributed by atoms with E-state index in [4.69, 9.17) is 5.26 Å². The van der Waals surface area contributed by atoms with E-state index in [1.54, 1.807) is 6.20 Å². The van der Waals surface area contributed by atoms with Gasteiger partial charge >= 0.3 is 0 Å². The molecule has 0 aliphatic carbocycles. The third kappa shape index (κ3) is 1.65. The Hall–Kier alpha value is -1.30. The lowest BCUT2D eigenvalue weighted by Crippen LogP contribution is -1.93. The van der Waals surface area contributed by atoms with Crippen molar-refractivity contribution >= 4 is 0 Å². The second kappa shape index (κ2) is 3.40. The van der Waals surface area contributed by atoms with E-state index in [1.165, 1.54) is 0 Å². The summed E-state index contributed by atoms with van der Waals surface area (Å²) in [6.07, 6.45) is 1.80. The summed E-state index contributed by atoms with van der Waals surface area (Å²) in [6, 6.07) is 2.14. The van der Waals surface area contributed by atoms with Crippen molar-refractivity contribution in [1.82, 2.24) is 9.97 Å². The van der Waals surface area contributed by atoms with Gasteiger partial charge in [-0.3, -0.25) is 0 Å². The monoisotopic (exact) mass is 163 g/mol. The van der Waals surface area contributed by atoms with Crippen LogP contribution in [0.2, 0.25) is 0 Å². The predicted octanol–water partition coefficient (Wildman–Crippen LogP) is 2.16. The predicted molar refractivity (Wildman–Crippen MR) is 46.7 cm³/mol. The fourth-order valence-electron chi connectivity index (χ4n) is 0.926. The molecule has 3 heteroatoms. The van der Waals surface area contributed by atoms with Gasteiger partial charge < -0.3 is 4.98 Å². The van der Waals surface area contributed by atoms with Gasteiger partial charge in [0.2, 0.25) is 0 Å². The van der Waals surface area contributed by atoms with Crippen molar-refractivity contribution in [2.75, 3.05) is 0 Å². The minimum Gasteiger partial charge on any atom is -0.345 e. The zero-order valence-corrected chi connectivity index (χ0v) is 7.63. The van der Waals surface area contributed by atoms with Crippen LogP contribution in [0.4, 0.5) is 0 Å². The molecule has 0 aliphatic rings. The van der Waals surface area contributed by atoms with E-state index in [9.17, 15) is 0 Å². The van der Waals surface area contributed by atoms with Gasteiger partial charge in [-0.05, 0) is 12.8 Å². The highest BCUT2D eigenvalue weighted by molar-refractivity contribution is 5.12. The number of H-pyrrole nitrogens is 1. The average molecular weight is 163 g/mol. The number of aromatic nitrogens is 2. The molecule has 1 aromatic rings. The van der Waals surface area contributed by atoms with E-state index in [-0.39, 0.29) is 5.92 Å². The fraction of sp³-hybridized carbons (Fsp3) is 0.556. The molecule has 0 spiro atoms. The first-order valence-corrected chi connectivity index (χ1v) is 4.09. The fourth-order valence-corrected chi connectivity index (χ4v) is 0.926. The van der Waals surface area contributed by atoms with Gasteiger partial charge in [0.25, 0.3) is 0 Å². The van der Waals surface area contributed by atoms with E-state index in [0.29, 0.717) is 5.92 Å². The summed E-state index contributed by atoms with van der Waals surface area (Å²) < 4.78 is 0. The molecule has 0 saturated heterocycles. The Bertz CT molecular complexity index is 293. The van der Waals surface area contributed by atoms with Crippen molar-refractivity contribution in [3.63, 3.8) is 0 Å². The molecule has 0 aliphatic heterocycles. The molecular formula is C9H13N3. The second-order valence-corrected chi connectivity index (χ2v) is 3.23. The topological polar surface area (TPSA) is 52.5 Å². The van der Waals surface area contributed by atoms with Crippen LogP contribution in [-0.4, -0.2) is 9.97 Å². The van der Waals surface area contributed by atoms with Crippen LogP contribution in [0.15, 0.2) is 6.20 Å². The highest BCUT2D eigenvalue weighted by atomic mass is 14.9. The van der Waals surface area contributed by atoms with Crippen molar-refractivity contribution < 1.29 is 0 Å². The number of hydrogen-bond acceptors (Lipinski definition) is 2. The molecule has 1 atom stereocenters. The van der Waals surface area contributed by atoms with Crippen molar-refractivity contribution in [2.45, 2.75) is 32.6 Å².